The SMILES string of the molecule is COCCOC1C(=O)CC1OC1CCC(C)(C)CC1. The van der Waals surface area contributed by atoms with Gasteiger partial charge in [0.15, 0.2) is 5.78 Å². The quantitative estimate of drug-likeness (QED) is 0.695. The number of carbonyl (C=O) groups is 1. The van der Waals surface area contributed by atoms with Gasteiger partial charge in [0, 0.05) is 13.5 Å². The third-order valence-corrected chi connectivity index (χ3v) is 4.30. The summed E-state index contributed by atoms with van der Waals surface area (Å²) in [6, 6.07) is 0. The maximum Gasteiger partial charge on any atom is 0.166 e. The standard InChI is InChI=1S/C15H26O4/c1-15(2)6-4-11(5-7-15)19-13-10-12(16)14(13)18-9-8-17-3/h11,13-14H,4-10H2,1-3H3. The van der Waals surface area contributed by atoms with E-state index in [1.165, 1.54) is 12.8 Å². The first-order chi connectivity index (χ1) is 9.02. The van der Waals surface area contributed by atoms with Crippen molar-refractivity contribution >= 4 is 5.78 Å². The second-order valence-corrected chi connectivity index (χ2v) is 6.49. The lowest BCUT2D eigenvalue weighted by atomic mass is 9.76. The van der Waals surface area contributed by atoms with Crippen molar-refractivity contribution in [1.82, 2.24) is 0 Å². The minimum absolute atomic E-state index is 0.0319. The van der Waals surface area contributed by atoms with Gasteiger partial charge in [-0.1, -0.05) is 13.8 Å². The van der Waals surface area contributed by atoms with Crippen molar-refractivity contribution in [2.45, 2.75) is 64.3 Å². The third-order valence-electron chi connectivity index (χ3n) is 4.30. The number of ether oxygens (including phenoxy) is 3. The van der Waals surface area contributed by atoms with Crippen LogP contribution in [0.25, 0.3) is 0 Å². The van der Waals surface area contributed by atoms with Crippen molar-refractivity contribution in [1.29, 1.82) is 0 Å². The predicted octanol–water partition coefficient (Wildman–Crippen LogP) is 2.34. The second kappa shape index (κ2) is 6.33. The van der Waals surface area contributed by atoms with Crippen LogP contribution in [0.3, 0.4) is 0 Å². The van der Waals surface area contributed by atoms with Gasteiger partial charge >= 0.3 is 0 Å². The molecule has 2 fully saturated rings. The van der Waals surface area contributed by atoms with Crippen LogP contribution in [-0.4, -0.2) is 44.4 Å². The Hall–Kier alpha value is -0.450. The molecule has 2 saturated carbocycles. The Balaban J connectivity index is 1.72. The zero-order valence-electron chi connectivity index (χ0n) is 12.3. The van der Waals surface area contributed by atoms with E-state index in [4.69, 9.17) is 14.2 Å². The summed E-state index contributed by atoms with van der Waals surface area (Å²) in [5.41, 5.74) is 0.448. The highest BCUT2D eigenvalue weighted by Crippen LogP contribution is 2.38. The van der Waals surface area contributed by atoms with E-state index in [1.54, 1.807) is 7.11 Å². The molecule has 4 heteroatoms. The van der Waals surface area contributed by atoms with E-state index in [9.17, 15) is 4.79 Å². The summed E-state index contributed by atoms with van der Waals surface area (Å²) in [6.45, 7) is 5.61. The van der Waals surface area contributed by atoms with Gasteiger partial charge < -0.3 is 14.2 Å². The highest BCUT2D eigenvalue weighted by atomic mass is 16.6. The molecule has 2 rings (SSSR count). The van der Waals surface area contributed by atoms with Gasteiger partial charge in [-0.2, -0.15) is 0 Å². The Bertz CT molecular complexity index is 303. The van der Waals surface area contributed by atoms with Gasteiger partial charge in [0.1, 0.15) is 6.10 Å². The molecular formula is C15H26O4. The van der Waals surface area contributed by atoms with Gasteiger partial charge in [0.05, 0.1) is 25.4 Å². The maximum atomic E-state index is 11.5. The number of carbonyl (C=O) groups excluding carboxylic acids is 1. The van der Waals surface area contributed by atoms with Crippen LogP contribution < -0.4 is 0 Å². The average Bonchev–Trinajstić information content (AvgIpc) is 2.36. The van der Waals surface area contributed by atoms with Crippen LogP contribution in [0.1, 0.15) is 46.0 Å². The van der Waals surface area contributed by atoms with E-state index >= 15 is 0 Å². The Kier molecular flexibility index (Phi) is 4.98. The first-order valence-electron chi connectivity index (χ1n) is 7.30. The Morgan fingerprint density at radius 1 is 1.21 bits per heavy atom. The highest BCUT2D eigenvalue weighted by molar-refractivity contribution is 5.90. The monoisotopic (exact) mass is 270 g/mol. The fourth-order valence-corrected chi connectivity index (χ4v) is 2.80. The van der Waals surface area contributed by atoms with Crippen LogP contribution in [0.4, 0.5) is 0 Å². The Morgan fingerprint density at radius 3 is 2.47 bits per heavy atom. The zero-order chi connectivity index (χ0) is 13.9. The highest BCUT2D eigenvalue weighted by Gasteiger charge is 2.43. The van der Waals surface area contributed by atoms with E-state index < -0.39 is 0 Å². The number of hydrogen-bond acceptors (Lipinski definition) is 4. The van der Waals surface area contributed by atoms with Crippen molar-refractivity contribution in [3.8, 4) is 0 Å². The summed E-state index contributed by atoms with van der Waals surface area (Å²) in [5.74, 6) is 0.164. The second-order valence-electron chi connectivity index (χ2n) is 6.49. The van der Waals surface area contributed by atoms with Crippen molar-refractivity contribution < 1.29 is 19.0 Å². The van der Waals surface area contributed by atoms with E-state index in [2.05, 4.69) is 13.8 Å². The number of hydrogen-bond donors (Lipinski definition) is 0. The molecule has 0 aromatic heterocycles. The molecule has 0 bridgehead atoms. The van der Waals surface area contributed by atoms with E-state index in [0.717, 1.165) is 12.8 Å². The average molecular weight is 270 g/mol. The lowest BCUT2D eigenvalue weighted by Crippen LogP contribution is -2.52. The van der Waals surface area contributed by atoms with Crippen molar-refractivity contribution in [3.63, 3.8) is 0 Å². The topological polar surface area (TPSA) is 44.8 Å². The van der Waals surface area contributed by atoms with Crippen LogP contribution in [0.5, 0.6) is 0 Å². The fourth-order valence-electron chi connectivity index (χ4n) is 2.80. The van der Waals surface area contributed by atoms with Crippen LogP contribution >= 0.6 is 0 Å². The van der Waals surface area contributed by atoms with Crippen molar-refractivity contribution in [2.24, 2.45) is 5.41 Å². The lowest BCUT2D eigenvalue weighted by molar-refractivity contribution is -0.179. The summed E-state index contributed by atoms with van der Waals surface area (Å²) in [7, 11) is 1.63. The molecular weight excluding hydrogens is 244 g/mol. The fraction of sp³-hybridized carbons (Fsp3) is 0.933. The predicted molar refractivity (Wildman–Crippen MR) is 72.2 cm³/mol. The van der Waals surface area contributed by atoms with Crippen molar-refractivity contribution in [3.05, 3.63) is 0 Å². The maximum absolute atomic E-state index is 11.5. The van der Waals surface area contributed by atoms with Crippen LogP contribution in [0.2, 0.25) is 0 Å². The van der Waals surface area contributed by atoms with Gasteiger partial charge in [-0.3, -0.25) is 4.79 Å². The van der Waals surface area contributed by atoms with Gasteiger partial charge in [0.25, 0.3) is 0 Å². The lowest BCUT2D eigenvalue weighted by Gasteiger charge is -2.40. The molecule has 4 nitrogen and oxygen atoms in total. The molecule has 110 valence electrons. The number of methoxy groups -OCH3 is 1. The molecule has 0 amide bonds. The Labute approximate surface area is 115 Å². The first kappa shape index (κ1) is 14.9. The van der Waals surface area contributed by atoms with Gasteiger partial charge in [-0.05, 0) is 31.1 Å². The van der Waals surface area contributed by atoms with Crippen LogP contribution in [-0.2, 0) is 19.0 Å². The number of Topliss-reactive ketones (excluding diaryl/α,β-unsaturated/α-hetero) is 1. The Morgan fingerprint density at radius 2 is 1.89 bits per heavy atom. The number of ketones is 1. The summed E-state index contributed by atoms with van der Waals surface area (Å²) in [6.07, 6.45) is 5.03. The molecule has 0 aromatic carbocycles. The van der Waals surface area contributed by atoms with E-state index in [-0.39, 0.29) is 18.0 Å². The molecule has 0 aromatic rings. The van der Waals surface area contributed by atoms with E-state index in [0.29, 0.717) is 31.2 Å². The zero-order valence-corrected chi connectivity index (χ0v) is 12.3. The van der Waals surface area contributed by atoms with Crippen molar-refractivity contribution in [2.75, 3.05) is 20.3 Å². The first-order valence-corrected chi connectivity index (χ1v) is 7.30. The van der Waals surface area contributed by atoms with E-state index in [1.807, 2.05) is 0 Å². The summed E-state index contributed by atoms with van der Waals surface area (Å²) >= 11 is 0. The minimum Gasteiger partial charge on any atom is -0.382 e. The minimum atomic E-state index is -0.356. The van der Waals surface area contributed by atoms with Gasteiger partial charge in [-0.15, -0.1) is 0 Å². The molecule has 0 heterocycles. The van der Waals surface area contributed by atoms with Gasteiger partial charge in [-0.25, -0.2) is 0 Å². The van der Waals surface area contributed by atoms with Crippen LogP contribution in [0.15, 0.2) is 0 Å². The summed E-state index contributed by atoms with van der Waals surface area (Å²) in [5, 5.41) is 0. The summed E-state index contributed by atoms with van der Waals surface area (Å²) < 4.78 is 16.5. The summed E-state index contributed by atoms with van der Waals surface area (Å²) in [4.78, 5) is 11.5. The molecule has 2 atom stereocenters. The smallest absolute Gasteiger partial charge is 0.166 e. The molecule has 0 saturated heterocycles. The molecule has 2 unspecified atom stereocenters. The molecule has 2 aliphatic rings. The molecule has 19 heavy (non-hydrogen) atoms. The van der Waals surface area contributed by atoms with Gasteiger partial charge in [0.2, 0.25) is 0 Å². The van der Waals surface area contributed by atoms with Crippen LogP contribution in [0, 0.1) is 5.41 Å². The molecule has 2 aliphatic carbocycles. The molecule has 0 aliphatic heterocycles. The third kappa shape index (κ3) is 4.01. The number of rotatable bonds is 6. The molecule has 0 spiro atoms. The largest absolute Gasteiger partial charge is 0.382 e. The normalized spacial score (nSPS) is 31.2. The molecule has 0 radical (unpaired) electrons. The molecule has 0 N–H and O–H groups in total.